The molecule has 1 heterocycles. The zero-order valence-electron chi connectivity index (χ0n) is 17.1. The van der Waals surface area contributed by atoms with E-state index in [2.05, 4.69) is 10.6 Å². The molecular weight excluding hydrogens is 400 g/mol. The van der Waals surface area contributed by atoms with E-state index in [0.717, 1.165) is 11.1 Å². The lowest BCUT2D eigenvalue weighted by molar-refractivity contribution is -0.136. The largest absolute Gasteiger partial charge is 0.481 e. The smallest absolute Gasteiger partial charge is 0.412 e. The van der Waals surface area contributed by atoms with Gasteiger partial charge in [-0.05, 0) is 48.7 Å². The quantitative estimate of drug-likeness (QED) is 0.401. The van der Waals surface area contributed by atoms with Gasteiger partial charge in [-0.25, -0.2) is 9.59 Å². The van der Waals surface area contributed by atoms with Gasteiger partial charge in [0.25, 0.3) is 0 Å². The lowest BCUT2D eigenvalue weighted by Gasteiger charge is -2.25. The highest BCUT2D eigenvalue weighted by atomic mass is 16.5. The summed E-state index contributed by atoms with van der Waals surface area (Å²) in [5.41, 5.74) is 2.87. The Morgan fingerprint density at radius 1 is 1.23 bits per heavy atom. The highest BCUT2D eigenvalue weighted by Gasteiger charge is 2.34. The SMILES string of the molecule is CCOC(=O)NC(=N)c1ccc(N2C(=O)NCC2c2ccccc2CCC(=O)O)cc1. The van der Waals surface area contributed by atoms with Crippen molar-refractivity contribution in [3.8, 4) is 0 Å². The van der Waals surface area contributed by atoms with Crippen molar-refractivity contribution in [3.63, 3.8) is 0 Å². The summed E-state index contributed by atoms with van der Waals surface area (Å²) in [4.78, 5) is 36.7. The summed E-state index contributed by atoms with van der Waals surface area (Å²) in [5.74, 6) is -0.979. The van der Waals surface area contributed by atoms with Crippen molar-refractivity contribution in [1.82, 2.24) is 10.6 Å². The molecule has 1 unspecified atom stereocenters. The number of hydrogen-bond donors (Lipinski definition) is 4. The lowest BCUT2D eigenvalue weighted by Crippen LogP contribution is -2.31. The fourth-order valence-electron chi connectivity index (χ4n) is 3.51. The number of nitrogens with one attached hydrogen (secondary N) is 3. The van der Waals surface area contributed by atoms with Crippen LogP contribution in [-0.4, -0.2) is 42.2 Å². The molecule has 1 saturated heterocycles. The Hall–Kier alpha value is -3.88. The van der Waals surface area contributed by atoms with Gasteiger partial charge in [-0.3, -0.25) is 20.4 Å². The molecule has 0 aromatic heterocycles. The molecule has 31 heavy (non-hydrogen) atoms. The Balaban J connectivity index is 1.82. The van der Waals surface area contributed by atoms with E-state index in [1.54, 1.807) is 36.1 Å². The summed E-state index contributed by atoms with van der Waals surface area (Å²) < 4.78 is 4.77. The van der Waals surface area contributed by atoms with Crippen LogP contribution in [0.2, 0.25) is 0 Å². The maximum atomic E-state index is 12.6. The normalized spacial score (nSPS) is 15.3. The Morgan fingerprint density at radius 2 is 1.94 bits per heavy atom. The van der Waals surface area contributed by atoms with Crippen molar-refractivity contribution >= 4 is 29.6 Å². The number of benzene rings is 2. The van der Waals surface area contributed by atoms with E-state index in [1.807, 2.05) is 24.3 Å². The van der Waals surface area contributed by atoms with Crippen LogP contribution in [0.1, 0.15) is 36.1 Å². The summed E-state index contributed by atoms with van der Waals surface area (Å²) in [5, 5.41) is 22.2. The number of anilines is 1. The lowest BCUT2D eigenvalue weighted by atomic mass is 9.96. The van der Waals surface area contributed by atoms with Gasteiger partial charge in [0.1, 0.15) is 5.84 Å². The molecule has 4 N–H and O–H groups in total. The number of nitrogens with zero attached hydrogens (tertiary/aromatic N) is 1. The monoisotopic (exact) mass is 424 g/mol. The number of hydrogen-bond acceptors (Lipinski definition) is 5. The van der Waals surface area contributed by atoms with Crippen molar-refractivity contribution in [2.45, 2.75) is 25.8 Å². The molecule has 3 amide bonds. The Labute approximate surface area is 179 Å². The number of ether oxygens (including phenoxy) is 1. The number of amidine groups is 1. The molecular formula is C22H24N4O5. The molecule has 3 rings (SSSR count). The fraction of sp³-hybridized carbons (Fsp3) is 0.273. The third kappa shape index (κ3) is 5.19. The van der Waals surface area contributed by atoms with Gasteiger partial charge in [-0.15, -0.1) is 0 Å². The minimum atomic E-state index is -0.873. The predicted octanol–water partition coefficient (Wildman–Crippen LogP) is 3.05. The van der Waals surface area contributed by atoms with E-state index < -0.39 is 12.1 Å². The fourth-order valence-corrected chi connectivity index (χ4v) is 3.51. The number of carbonyl (C=O) groups excluding carboxylic acids is 2. The molecule has 0 radical (unpaired) electrons. The van der Waals surface area contributed by atoms with Crippen LogP contribution < -0.4 is 15.5 Å². The van der Waals surface area contributed by atoms with Crippen molar-refractivity contribution in [2.24, 2.45) is 0 Å². The van der Waals surface area contributed by atoms with Gasteiger partial charge in [0.05, 0.1) is 12.6 Å². The molecule has 2 aromatic rings. The van der Waals surface area contributed by atoms with E-state index in [0.29, 0.717) is 24.2 Å². The van der Waals surface area contributed by atoms with E-state index in [9.17, 15) is 14.4 Å². The second-order valence-electron chi connectivity index (χ2n) is 6.93. The first-order chi connectivity index (χ1) is 14.9. The van der Waals surface area contributed by atoms with Gasteiger partial charge in [-0.2, -0.15) is 0 Å². The number of alkyl carbamates (subject to hydrolysis) is 1. The van der Waals surface area contributed by atoms with Crippen LogP contribution in [0.25, 0.3) is 0 Å². The first-order valence-electron chi connectivity index (χ1n) is 9.90. The van der Waals surface area contributed by atoms with Gasteiger partial charge in [0.15, 0.2) is 0 Å². The summed E-state index contributed by atoms with van der Waals surface area (Å²) in [7, 11) is 0. The van der Waals surface area contributed by atoms with Crippen LogP contribution in [0.4, 0.5) is 15.3 Å². The molecule has 162 valence electrons. The molecule has 0 bridgehead atoms. The predicted molar refractivity (Wildman–Crippen MR) is 114 cm³/mol. The minimum absolute atomic E-state index is 0.00931. The van der Waals surface area contributed by atoms with E-state index >= 15 is 0 Å². The van der Waals surface area contributed by atoms with E-state index in [1.165, 1.54) is 0 Å². The van der Waals surface area contributed by atoms with Gasteiger partial charge in [-0.1, -0.05) is 24.3 Å². The van der Waals surface area contributed by atoms with Gasteiger partial charge in [0.2, 0.25) is 0 Å². The molecule has 1 aliphatic heterocycles. The van der Waals surface area contributed by atoms with Crippen LogP contribution >= 0.6 is 0 Å². The number of aryl methyl sites for hydroxylation is 1. The van der Waals surface area contributed by atoms with Gasteiger partial charge < -0.3 is 15.2 Å². The Morgan fingerprint density at radius 3 is 2.61 bits per heavy atom. The number of aliphatic carboxylic acids is 1. The Kier molecular flexibility index (Phi) is 6.86. The van der Waals surface area contributed by atoms with Crippen molar-refractivity contribution in [1.29, 1.82) is 5.41 Å². The first-order valence-corrected chi connectivity index (χ1v) is 9.90. The molecule has 0 aliphatic carbocycles. The summed E-state index contributed by atoms with van der Waals surface area (Å²) in [6.07, 6.45) is -0.316. The van der Waals surface area contributed by atoms with Crippen molar-refractivity contribution < 1.29 is 24.2 Å². The number of urea groups is 1. The van der Waals surface area contributed by atoms with Gasteiger partial charge >= 0.3 is 18.1 Å². The Bertz CT molecular complexity index is 990. The second kappa shape index (κ2) is 9.75. The third-order valence-corrected chi connectivity index (χ3v) is 4.94. The van der Waals surface area contributed by atoms with Crippen LogP contribution in [-0.2, 0) is 16.0 Å². The zero-order valence-corrected chi connectivity index (χ0v) is 17.1. The number of carbonyl (C=O) groups is 3. The molecule has 1 atom stereocenters. The number of rotatable bonds is 7. The molecule has 1 aliphatic rings. The standard InChI is InChI=1S/C22H24N4O5/c1-2-31-22(30)25-20(23)15-7-10-16(11-8-15)26-18(13-24-21(26)29)17-6-4-3-5-14(17)9-12-19(27)28/h3-8,10-11,18H,2,9,12-13H2,1H3,(H,24,29)(H,27,28)(H2,23,25,30). The molecule has 9 heteroatoms. The number of amides is 3. The molecule has 0 saturated carbocycles. The van der Waals surface area contributed by atoms with Crippen LogP contribution in [0.5, 0.6) is 0 Å². The first kappa shape index (κ1) is 21.8. The topological polar surface area (TPSA) is 132 Å². The van der Waals surface area contributed by atoms with E-state index in [-0.39, 0.29) is 30.9 Å². The van der Waals surface area contributed by atoms with E-state index in [4.69, 9.17) is 15.3 Å². The second-order valence-corrected chi connectivity index (χ2v) is 6.93. The molecule has 9 nitrogen and oxygen atoms in total. The van der Waals surface area contributed by atoms with Crippen LogP contribution in [0.3, 0.4) is 0 Å². The maximum Gasteiger partial charge on any atom is 0.412 e. The highest BCUT2D eigenvalue weighted by Crippen LogP contribution is 2.33. The third-order valence-electron chi connectivity index (χ3n) is 4.94. The highest BCUT2D eigenvalue weighted by molar-refractivity contribution is 6.05. The maximum absolute atomic E-state index is 12.6. The average molecular weight is 424 g/mol. The summed E-state index contributed by atoms with van der Waals surface area (Å²) >= 11 is 0. The average Bonchev–Trinajstić information content (AvgIpc) is 3.13. The zero-order chi connectivity index (χ0) is 22.4. The van der Waals surface area contributed by atoms with Crippen molar-refractivity contribution in [3.05, 3.63) is 65.2 Å². The van der Waals surface area contributed by atoms with Crippen molar-refractivity contribution in [2.75, 3.05) is 18.1 Å². The molecule has 0 spiro atoms. The minimum Gasteiger partial charge on any atom is -0.481 e. The summed E-state index contributed by atoms with van der Waals surface area (Å²) in [6.45, 7) is 2.28. The van der Waals surface area contributed by atoms with Gasteiger partial charge in [0, 0.05) is 24.2 Å². The summed E-state index contributed by atoms with van der Waals surface area (Å²) in [6, 6.07) is 13.6. The molecule has 2 aromatic carbocycles. The van der Waals surface area contributed by atoms with Crippen LogP contribution in [0, 0.1) is 5.41 Å². The number of carboxylic acid groups (broad SMARTS) is 1. The van der Waals surface area contributed by atoms with Crippen LogP contribution in [0.15, 0.2) is 48.5 Å². The number of carboxylic acids is 1. The molecule has 1 fully saturated rings.